The number of anilines is 1. The molecule has 2 aromatic rings. The van der Waals surface area contributed by atoms with Gasteiger partial charge < -0.3 is 15.6 Å². The molecule has 0 bridgehead atoms. The van der Waals surface area contributed by atoms with Gasteiger partial charge in [0.25, 0.3) is 0 Å². The predicted octanol–water partition coefficient (Wildman–Crippen LogP) is 2.22. The highest BCUT2D eigenvalue weighted by molar-refractivity contribution is 5.79. The third kappa shape index (κ3) is 2.63. The van der Waals surface area contributed by atoms with E-state index in [0.717, 1.165) is 29.8 Å². The Bertz CT molecular complexity index is 671. The van der Waals surface area contributed by atoms with E-state index in [1.807, 2.05) is 32.0 Å². The molecule has 1 aliphatic rings. The fourth-order valence-electron chi connectivity index (χ4n) is 2.95. The van der Waals surface area contributed by atoms with Crippen molar-refractivity contribution >= 4 is 11.6 Å². The number of carbonyl (C=O) groups is 1. The molecule has 0 aliphatic heterocycles. The summed E-state index contributed by atoms with van der Waals surface area (Å²) in [5.74, 6) is 0.710. The lowest BCUT2D eigenvalue weighted by molar-refractivity contribution is -0.121. The molecule has 0 saturated carbocycles. The molecule has 0 spiro atoms. The fraction of sp³-hybridized carbons (Fsp3) is 0.375. The molecule has 1 unspecified atom stereocenters. The summed E-state index contributed by atoms with van der Waals surface area (Å²) >= 11 is 0. The number of carbonyl (C=O) groups excluding carboxylic acids is 1. The SMILES string of the molecule is Cc1noc(C)c1CC(=O)NC1CCc2cc(N)ccc21. The van der Waals surface area contributed by atoms with Crippen LogP contribution >= 0.6 is 0 Å². The number of benzene rings is 1. The summed E-state index contributed by atoms with van der Waals surface area (Å²) in [6.45, 7) is 3.68. The molecule has 1 atom stereocenters. The number of amides is 1. The molecule has 110 valence electrons. The Labute approximate surface area is 123 Å². The van der Waals surface area contributed by atoms with E-state index in [2.05, 4.69) is 10.5 Å². The zero-order chi connectivity index (χ0) is 15.0. The molecule has 21 heavy (non-hydrogen) atoms. The summed E-state index contributed by atoms with van der Waals surface area (Å²) < 4.78 is 5.09. The van der Waals surface area contributed by atoms with Crippen LogP contribution in [0.15, 0.2) is 22.7 Å². The minimum Gasteiger partial charge on any atom is -0.399 e. The van der Waals surface area contributed by atoms with Crippen LogP contribution in [0.2, 0.25) is 0 Å². The van der Waals surface area contributed by atoms with Crippen molar-refractivity contribution < 1.29 is 9.32 Å². The monoisotopic (exact) mass is 285 g/mol. The van der Waals surface area contributed by atoms with Crippen LogP contribution in [0.3, 0.4) is 0 Å². The highest BCUT2D eigenvalue weighted by Gasteiger charge is 2.24. The first kappa shape index (κ1) is 13.7. The van der Waals surface area contributed by atoms with Gasteiger partial charge in [-0.2, -0.15) is 0 Å². The third-order valence-electron chi connectivity index (χ3n) is 4.10. The molecular weight excluding hydrogens is 266 g/mol. The van der Waals surface area contributed by atoms with Gasteiger partial charge >= 0.3 is 0 Å². The van der Waals surface area contributed by atoms with E-state index < -0.39 is 0 Å². The molecule has 1 heterocycles. The quantitative estimate of drug-likeness (QED) is 0.847. The number of hydrogen-bond acceptors (Lipinski definition) is 4. The highest BCUT2D eigenvalue weighted by atomic mass is 16.5. The Morgan fingerprint density at radius 3 is 3.00 bits per heavy atom. The smallest absolute Gasteiger partial charge is 0.225 e. The standard InChI is InChI=1S/C16H19N3O2/c1-9-14(10(2)21-19-9)8-16(20)18-15-6-3-11-7-12(17)4-5-13(11)15/h4-5,7,15H,3,6,8,17H2,1-2H3,(H,18,20). The summed E-state index contributed by atoms with van der Waals surface area (Å²) in [7, 11) is 0. The van der Waals surface area contributed by atoms with E-state index in [-0.39, 0.29) is 11.9 Å². The van der Waals surface area contributed by atoms with Crippen molar-refractivity contribution in [1.29, 1.82) is 0 Å². The number of hydrogen-bond donors (Lipinski definition) is 2. The van der Waals surface area contributed by atoms with Crippen LogP contribution in [0.25, 0.3) is 0 Å². The molecule has 5 heteroatoms. The highest BCUT2D eigenvalue weighted by Crippen LogP contribution is 2.32. The van der Waals surface area contributed by atoms with Crippen LogP contribution < -0.4 is 11.1 Å². The fourth-order valence-corrected chi connectivity index (χ4v) is 2.95. The maximum Gasteiger partial charge on any atom is 0.225 e. The molecule has 0 radical (unpaired) electrons. The molecule has 1 aromatic heterocycles. The first-order chi connectivity index (χ1) is 10.0. The third-order valence-corrected chi connectivity index (χ3v) is 4.10. The lowest BCUT2D eigenvalue weighted by atomic mass is 10.1. The van der Waals surface area contributed by atoms with Gasteiger partial charge in [-0.25, -0.2) is 0 Å². The molecule has 0 saturated heterocycles. The number of aromatic nitrogens is 1. The summed E-state index contributed by atoms with van der Waals surface area (Å²) in [6.07, 6.45) is 2.19. The number of fused-ring (bicyclic) bond motifs is 1. The van der Waals surface area contributed by atoms with E-state index in [9.17, 15) is 4.79 Å². The summed E-state index contributed by atoms with van der Waals surface area (Å²) in [5, 5.41) is 6.98. The normalized spacial score (nSPS) is 16.8. The molecule has 3 rings (SSSR count). The van der Waals surface area contributed by atoms with Crippen molar-refractivity contribution in [1.82, 2.24) is 10.5 Å². The summed E-state index contributed by atoms with van der Waals surface area (Å²) in [4.78, 5) is 12.2. The minimum absolute atomic E-state index is 0.000856. The first-order valence-corrected chi connectivity index (χ1v) is 7.14. The van der Waals surface area contributed by atoms with Gasteiger partial charge in [0.15, 0.2) is 0 Å². The maximum absolute atomic E-state index is 12.2. The van der Waals surface area contributed by atoms with Gasteiger partial charge in [-0.3, -0.25) is 4.79 Å². The Hall–Kier alpha value is -2.30. The van der Waals surface area contributed by atoms with Gasteiger partial charge in [0, 0.05) is 11.3 Å². The lowest BCUT2D eigenvalue weighted by Gasteiger charge is -2.14. The number of nitrogens with one attached hydrogen (secondary N) is 1. The van der Waals surface area contributed by atoms with Crippen LogP contribution in [0.4, 0.5) is 5.69 Å². The van der Waals surface area contributed by atoms with Gasteiger partial charge in [0.05, 0.1) is 18.2 Å². The average molecular weight is 285 g/mol. The van der Waals surface area contributed by atoms with Crippen LogP contribution in [-0.2, 0) is 17.6 Å². The Kier molecular flexibility index (Phi) is 3.41. The molecule has 5 nitrogen and oxygen atoms in total. The van der Waals surface area contributed by atoms with E-state index >= 15 is 0 Å². The van der Waals surface area contributed by atoms with Crippen LogP contribution in [0.5, 0.6) is 0 Å². The number of aryl methyl sites for hydroxylation is 3. The summed E-state index contributed by atoms with van der Waals surface area (Å²) in [6, 6.07) is 5.97. The largest absolute Gasteiger partial charge is 0.399 e. The Balaban J connectivity index is 1.70. The van der Waals surface area contributed by atoms with E-state index in [1.165, 1.54) is 11.1 Å². The van der Waals surface area contributed by atoms with E-state index in [0.29, 0.717) is 12.2 Å². The molecular formula is C16H19N3O2. The molecule has 3 N–H and O–H groups in total. The van der Waals surface area contributed by atoms with Crippen molar-refractivity contribution in [3.63, 3.8) is 0 Å². The second kappa shape index (κ2) is 5.24. The Morgan fingerprint density at radius 2 is 2.29 bits per heavy atom. The molecule has 0 fully saturated rings. The zero-order valence-electron chi connectivity index (χ0n) is 12.3. The van der Waals surface area contributed by atoms with Crippen LogP contribution in [0.1, 0.15) is 40.6 Å². The minimum atomic E-state index is -0.000856. The second-order valence-corrected chi connectivity index (χ2v) is 5.60. The second-order valence-electron chi connectivity index (χ2n) is 5.60. The summed E-state index contributed by atoms with van der Waals surface area (Å²) in [5.41, 5.74) is 10.6. The van der Waals surface area contributed by atoms with Crippen molar-refractivity contribution in [3.8, 4) is 0 Å². The van der Waals surface area contributed by atoms with Crippen molar-refractivity contribution in [3.05, 3.63) is 46.3 Å². The molecule has 1 aliphatic carbocycles. The number of rotatable bonds is 3. The van der Waals surface area contributed by atoms with Crippen molar-refractivity contribution in [2.75, 3.05) is 5.73 Å². The predicted molar refractivity (Wildman–Crippen MR) is 79.7 cm³/mol. The average Bonchev–Trinajstić information content (AvgIpc) is 2.97. The van der Waals surface area contributed by atoms with Gasteiger partial charge in [-0.05, 0) is 49.9 Å². The van der Waals surface area contributed by atoms with E-state index in [4.69, 9.17) is 10.3 Å². The molecule has 1 amide bonds. The number of nitrogens with two attached hydrogens (primary N) is 1. The van der Waals surface area contributed by atoms with Crippen LogP contribution in [-0.4, -0.2) is 11.1 Å². The van der Waals surface area contributed by atoms with Crippen LogP contribution in [0, 0.1) is 13.8 Å². The van der Waals surface area contributed by atoms with Crippen molar-refractivity contribution in [2.24, 2.45) is 0 Å². The van der Waals surface area contributed by atoms with Gasteiger partial charge in [-0.15, -0.1) is 0 Å². The van der Waals surface area contributed by atoms with Gasteiger partial charge in [-0.1, -0.05) is 11.2 Å². The van der Waals surface area contributed by atoms with E-state index in [1.54, 1.807) is 0 Å². The Morgan fingerprint density at radius 1 is 1.48 bits per heavy atom. The first-order valence-electron chi connectivity index (χ1n) is 7.14. The zero-order valence-corrected chi connectivity index (χ0v) is 12.3. The van der Waals surface area contributed by atoms with Gasteiger partial charge in [0.1, 0.15) is 5.76 Å². The topological polar surface area (TPSA) is 81.2 Å². The number of nitrogens with zero attached hydrogens (tertiary/aromatic N) is 1. The maximum atomic E-state index is 12.2. The number of nitrogen functional groups attached to an aromatic ring is 1. The van der Waals surface area contributed by atoms with Gasteiger partial charge in [0.2, 0.25) is 5.91 Å². The van der Waals surface area contributed by atoms with Crippen molar-refractivity contribution in [2.45, 2.75) is 39.2 Å². The molecule has 1 aromatic carbocycles. The lowest BCUT2D eigenvalue weighted by Crippen LogP contribution is -2.28.